The van der Waals surface area contributed by atoms with Gasteiger partial charge in [0.2, 0.25) is 0 Å². The maximum absolute atomic E-state index is 16.2. The minimum Gasteiger partial charge on any atom is -0.482 e. The van der Waals surface area contributed by atoms with Crippen LogP contribution in [-0.2, 0) is 128 Å². The van der Waals surface area contributed by atoms with Gasteiger partial charge in [-0.1, -0.05) is 303 Å². The van der Waals surface area contributed by atoms with Gasteiger partial charge in [0.25, 0.3) is 11.1 Å². The highest BCUT2D eigenvalue weighted by Gasteiger charge is 2.34. The largest absolute Gasteiger partial charge is 0.482 e. The minimum absolute atomic E-state index is 0.0583. The van der Waals surface area contributed by atoms with E-state index in [0.717, 1.165) is 44.5 Å². The monoisotopic (exact) mass is 1880 g/mol. The third-order valence-corrected chi connectivity index (χ3v) is 23.0. The lowest BCUT2D eigenvalue weighted by atomic mass is 10.00. The molecule has 0 aliphatic heterocycles. The van der Waals surface area contributed by atoms with Gasteiger partial charge in [0.1, 0.15) is 37.6 Å². The zero-order chi connectivity index (χ0) is 96.5. The Bertz CT molecular complexity index is 4900. The number of nitrogens with zero attached hydrogens (tertiary/aromatic N) is 3. The van der Waals surface area contributed by atoms with Gasteiger partial charge in [0.05, 0.1) is 167 Å². The van der Waals surface area contributed by atoms with Crippen LogP contribution in [0.2, 0.25) is 0 Å². The molecule has 26 heteroatoms. The molecule has 3 unspecified atom stereocenters. The molecule has 0 radical (unpaired) electrons. The Morgan fingerprint density at radius 1 is 0.304 bits per heavy atom. The summed E-state index contributed by atoms with van der Waals surface area (Å²) in [5.74, 6) is -3.10. The van der Waals surface area contributed by atoms with Crippen LogP contribution in [0.15, 0.2) is 325 Å². The molecule has 10 aromatic carbocycles. The number of hydrogen-bond donors (Lipinski definition) is 4. The Hall–Kier alpha value is -12.1. The van der Waals surface area contributed by atoms with Gasteiger partial charge in [-0.15, -0.1) is 0 Å². The van der Waals surface area contributed by atoms with Crippen LogP contribution < -0.4 is 37.8 Å². The van der Waals surface area contributed by atoms with Crippen LogP contribution in [0.5, 0.6) is 11.5 Å². The average molecular weight is 1880 g/mol. The minimum atomic E-state index is -1.48. The third kappa shape index (κ3) is 36.0. The van der Waals surface area contributed by atoms with Crippen molar-refractivity contribution < 1.29 is 85.8 Å². The van der Waals surface area contributed by atoms with Crippen molar-refractivity contribution in [2.75, 3.05) is 98.9 Å². The van der Waals surface area contributed by atoms with E-state index in [1.54, 1.807) is 30.9 Å². The molecule has 0 saturated heterocycles. The molecular formula is C112H130N6O20. The first-order valence-electron chi connectivity index (χ1n) is 47.1. The number of ketones is 2. The fourth-order valence-corrected chi connectivity index (χ4v) is 15.8. The molecule has 0 bridgehead atoms. The van der Waals surface area contributed by atoms with Gasteiger partial charge in [-0.05, 0) is 94.5 Å². The lowest BCUT2D eigenvalue weighted by molar-refractivity contribution is -0.137. The lowest BCUT2D eigenvalue weighted by Crippen LogP contribution is -2.52. The average Bonchev–Trinajstić information content (AvgIpc) is 0.778. The first-order chi connectivity index (χ1) is 67.5. The van der Waals surface area contributed by atoms with Crippen molar-refractivity contribution in [3.63, 3.8) is 0 Å². The van der Waals surface area contributed by atoms with Crippen molar-refractivity contribution in [2.45, 2.75) is 154 Å². The highest BCUT2D eigenvalue weighted by Crippen LogP contribution is 2.28. The van der Waals surface area contributed by atoms with E-state index in [1.165, 1.54) is 9.13 Å². The fraction of sp³-hybridized carbons (Fsp3) is 0.348. The van der Waals surface area contributed by atoms with E-state index in [0.29, 0.717) is 22.5 Å². The fourth-order valence-electron chi connectivity index (χ4n) is 15.8. The second-order valence-corrected chi connectivity index (χ2v) is 34.3. The Labute approximate surface area is 808 Å². The van der Waals surface area contributed by atoms with Crippen molar-refractivity contribution in [3.8, 4) is 11.5 Å². The molecule has 12 rings (SSSR count). The van der Waals surface area contributed by atoms with Gasteiger partial charge in [0, 0.05) is 43.5 Å². The van der Waals surface area contributed by atoms with Crippen molar-refractivity contribution in [1.82, 2.24) is 14.0 Å². The van der Waals surface area contributed by atoms with Crippen molar-refractivity contribution in [3.05, 3.63) is 414 Å². The number of carbonyl (C=O) groups excluding carboxylic acids is 2. The number of aliphatic carboxylic acids is 1. The normalized spacial score (nSPS) is 12.3. The summed E-state index contributed by atoms with van der Waals surface area (Å²) >= 11 is 0. The summed E-state index contributed by atoms with van der Waals surface area (Å²) in [6.45, 7) is 4.86. The maximum atomic E-state index is 16.2. The number of pyridine rings is 2. The number of ether oxygens (including phenoxy) is 14. The van der Waals surface area contributed by atoms with Crippen LogP contribution in [0.25, 0.3) is 0 Å². The number of nitrogens with two attached hydrogens (primary N) is 3. The Morgan fingerprint density at radius 3 is 0.725 bits per heavy atom. The SMILES string of the molecule is Cc1cc(C(=O)C(N)CN(CC(N)CCCC(=O)O)CC(N)C(=O)c2cc(C)n(C(COC(COCc3ccccc3)COCc3ccccc3)COC(COCc3ccccc3)COCc3ccccc3)c(=O)c2OCc2ccccc2)c(OCc2ccccc2)c(=O)n1C(COC(COCc1ccccc1)COCc1ccccc1)COC(COCc1ccccc1)COCc1ccccc1. The molecule has 138 heavy (non-hydrogen) atoms. The predicted octanol–water partition coefficient (Wildman–Crippen LogP) is 15.7. The first kappa shape index (κ1) is 105. The molecule has 0 spiro atoms. The summed E-state index contributed by atoms with van der Waals surface area (Å²) in [5, 5.41) is 9.81. The van der Waals surface area contributed by atoms with Gasteiger partial charge >= 0.3 is 5.97 Å². The Morgan fingerprint density at radius 2 is 0.514 bits per heavy atom. The number of benzene rings is 10. The van der Waals surface area contributed by atoms with E-state index >= 15 is 19.2 Å². The lowest BCUT2D eigenvalue weighted by Gasteiger charge is -2.31. The van der Waals surface area contributed by atoms with E-state index in [9.17, 15) is 9.90 Å². The molecule has 2 heterocycles. The number of hydrogen-bond acceptors (Lipinski definition) is 23. The Balaban J connectivity index is 0.870. The van der Waals surface area contributed by atoms with E-state index in [1.807, 2.05) is 303 Å². The zero-order valence-corrected chi connectivity index (χ0v) is 78.8. The Kier molecular flexibility index (Phi) is 44.5. The van der Waals surface area contributed by atoms with Crippen LogP contribution >= 0.6 is 0 Å². The summed E-state index contributed by atoms with van der Waals surface area (Å²) in [6.07, 6.45) is -2.52. The summed E-state index contributed by atoms with van der Waals surface area (Å²) in [4.78, 5) is 77.9. The van der Waals surface area contributed by atoms with Crippen molar-refractivity contribution >= 4 is 17.5 Å². The van der Waals surface area contributed by atoms with E-state index in [2.05, 4.69) is 0 Å². The summed E-state index contributed by atoms with van der Waals surface area (Å²) in [7, 11) is 0. The van der Waals surface area contributed by atoms with E-state index in [-0.39, 0.29) is 207 Å². The van der Waals surface area contributed by atoms with Gasteiger partial charge in [-0.3, -0.25) is 28.9 Å². The second kappa shape index (κ2) is 58.6. The highest BCUT2D eigenvalue weighted by atomic mass is 16.6. The molecular weight excluding hydrogens is 1750 g/mol. The molecule has 2 aromatic heterocycles. The number of aromatic nitrogens is 2. The van der Waals surface area contributed by atoms with Crippen LogP contribution in [0.3, 0.4) is 0 Å². The molecule has 3 atom stereocenters. The first-order valence-corrected chi connectivity index (χ1v) is 47.1. The number of carbonyl (C=O) groups is 3. The molecule has 7 N–H and O–H groups in total. The molecule has 0 saturated carbocycles. The molecule has 0 amide bonds. The standard InChI is InChI=1S/C112H130N6O20/c1-83-56-102(109(137-69-93-50-29-11-30-51-93)111(123)117(83)96(71-133-98(75-125-61-85-34-13-3-14-35-85)76-126-62-86-36-15-4-16-37-86)72-134-99(77-127-63-87-38-17-5-18-39-87)78-128-64-88-40-19-6-20-41-88)107(121)104(114)59-116(58-95(113)54-33-55-106(119)120)60-105(115)108(122)103-57-84(2)118(112(124)110(103)138-70-94-52-31-12-32-53-94)97(73-135-100(79-129-65-89-42-21-7-22-43-89)80-130-66-90-44-23-8-24-45-90)74-136-101(81-131-67-91-46-25-9-26-47-91)82-132-68-92-48-27-10-28-49-92/h3-32,34-53,56-57,95-101,104-105H,33,54-55,58-82,113-115H2,1-2H3,(H,119,120). The number of rotatable bonds is 66. The summed E-state index contributed by atoms with van der Waals surface area (Å²) in [6, 6.07) is 94.0. The zero-order valence-electron chi connectivity index (χ0n) is 78.8. The quantitative estimate of drug-likeness (QED) is 0.0257. The third-order valence-electron chi connectivity index (χ3n) is 23.0. The van der Waals surface area contributed by atoms with Gasteiger partial charge in [-0.25, -0.2) is 0 Å². The molecule has 0 aliphatic rings. The number of carboxylic acids is 1. The van der Waals surface area contributed by atoms with Gasteiger partial charge < -0.3 is 97.8 Å². The summed E-state index contributed by atoms with van der Waals surface area (Å²) in [5.41, 5.74) is 29.3. The molecule has 12 aromatic rings. The maximum Gasteiger partial charge on any atom is 0.303 e. The highest BCUT2D eigenvalue weighted by molar-refractivity contribution is 6.03. The van der Waals surface area contributed by atoms with E-state index in [4.69, 9.17) is 83.5 Å². The molecule has 728 valence electrons. The van der Waals surface area contributed by atoms with Crippen molar-refractivity contribution in [2.24, 2.45) is 17.2 Å². The van der Waals surface area contributed by atoms with Crippen LogP contribution in [0.4, 0.5) is 0 Å². The van der Waals surface area contributed by atoms with Crippen LogP contribution in [-0.4, -0.2) is 178 Å². The van der Waals surface area contributed by atoms with Crippen molar-refractivity contribution in [1.29, 1.82) is 0 Å². The molecule has 0 aliphatic carbocycles. The second-order valence-electron chi connectivity index (χ2n) is 34.3. The van der Waals surface area contributed by atoms with Crippen LogP contribution in [0, 0.1) is 13.8 Å². The smallest absolute Gasteiger partial charge is 0.303 e. The number of carboxylic acid groups (broad SMARTS) is 1. The number of Topliss-reactive ketones (excluding diaryl/α,β-unsaturated/α-hetero) is 2. The van der Waals surface area contributed by atoms with E-state index < -0.39 is 83.3 Å². The van der Waals surface area contributed by atoms with Gasteiger partial charge in [0.15, 0.2) is 23.1 Å². The summed E-state index contributed by atoms with van der Waals surface area (Å²) < 4.78 is 94.7. The topological polar surface area (TPSA) is 326 Å². The number of aryl methyl sites for hydroxylation is 2. The van der Waals surface area contributed by atoms with Crippen LogP contribution in [0.1, 0.15) is 119 Å². The predicted molar refractivity (Wildman–Crippen MR) is 529 cm³/mol. The molecule has 26 nitrogen and oxygen atoms in total. The molecule has 0 fully saturated rings. The van der Waals surface area contributed by atoms with Gasteiger partial charge in [-0.2, -0.15) is 0 Å².